The highest BCUT2D eigenvalue weighted by atomic mass is 32.2. The number of nitrogens with zero attached hydrogens (tertiary/aromatic N) is 3. The summed E-state index contributed by atoms with van der Waals surface area (Å²) in [5.74, 6) is 0. The van der Waals surface area contributed by atoms with Crippen molar-refractivity contribution in [1.82, 2.24) is 9.80 Å². The summed E-state index contributed by atoms with van der Waals surface area (Å²) in [5, 5.41) is 14.8. The van der Waals surface area contributed by atoms with Gasteiger partial charge in [0.05, 0.1) is 16.5 Å². The summed E-state index contributed by atoms with van der Waals surface area (Å²) >= 11 is 0. The summed E-state index contributed by atoms with van der Waals surface area (Å²) in [7, 11) is -1.56. The molecule has 2 N–H and O–H groups in total. The molecule has 2 aromatic rings. The van der Waals surface area contributed by atoms with Gasteiger partial charge in [0.2, 0.25) is 10.0 Å². The zero-order chi connectivity index (χ0) is 20.1. The first-order chi connectivity index (χ1) is 13.4. The molecule has 2 aromatic carbocycles. The summed E-state index contributed by atoms with van der Waals surface area (Å²) in [6, 6.07) is 14.5. The molecule has 1 saturated heterocycles. The molecule has 0 spiro atoms. The molecule has 0 aliphatic carbocycles. The van der Waals surface area contributed by atoms with Crippen molar-refractivity contribution in [2.45, 2.75) is 24.3 Å². The Labute approximate surface area is 167 Å². The lowest BCUT2D eigenvalue weighted by Gasteiger charge is -2.28. The lowest BCUT2D eigenvalue weighted by molar-refractivity contribution is 0.189. The molecule has 0 bridgehead atoms. The van der Waals surface area contributed by atoms with E-state index in [1.807, 2.05) is 18.2 Å². The Morgan fingerprint density at radius 1 is 1.04 bits per heavy atom. The second-order valence-corrected chi connectivity index (χ2v) is 8.91. The zero-order valence-corrected chi connectivity index (χ0v) is 17.0. The molecule has 0 radical (unpaired) electrons. The number of rotatable bonds is 4. The SMILES string of the molecule is CN1CCCCN(Cc2ccc(-c3ccc(S(N)(=O)=O)cc3)c(C#N)c2)CC1. The first kappa shape index (κ1) is 20.5. The minimum Gasteiger partial charge on any atom is -0.305 e. The predicted octanol–water partition coefficient (Wildman–Crippen LogP) is 2.40. The summed E-state index contributed by atoms with van der Waals surface area (Å²) in [6.07, 6.45) is 2.40. The Morgan fingerprint density at radius 2 is 1.75 bits per heavy atom. The molecule has 0 saturated carbocycles. The van der Waals surface area contributed by atoms with Crippen LogP contribution >= 0.6 is 0 Å². The van der Waals surface area contributed by atoms with Gasteiger partial charge < -0.3 is 4.90 Å². The highest BCUT2D eigenvalue weighted by molar-refractivity contribution is 7.89. The summed E-state index contributed by atoms with van der Waals surface area (Å²) in [5.41, 5.74) is 3.29. The molecule has 1 heterocycles. The standard InChI is InChI=1S/C21H26N4O2S/c1-24-10-2-3-11-25(13-12-24)16-17-4-9-21(19(14-17)15-22)18-5-7-20(8-6-18)28(23,26)27/h4-9,14H,2-3,10-13,16H2,1H3,(H2,23,26,27). The van der Waals surface area contributed by atoms with Crippen molar-refractivity contribution in [3.63, 3.8) is 0 Å². The molecular weight excluding hydrogens is 372 g/mol. The third-order valence-corrected chi connectivity index (χ3v) is 6.10. The Morgan fingerprint density at radius 3 is 2.43 bits per heavy atom. The molecule has 148 valence electrons. The molecule has 0 atom stereocenters. The van der Waals surface area contributed by atoms with E-state index in [0.717, 1.165) is 49.4 Å². The van der Waals surface area contributed by atoms with Gasteiger partial charge in [0.1, 0.15) is 0 Å². The monoisotopic (exact) mass is 398 g/mol. The van der Waals surface area contributed by atoms with E-state index in [2.05, 4.69) is 22.9 Å². The number of nitrogens with two attached hydrogens (primary N) is 1. The van der Waals surface area contributed by atoms with Crippen LogP contribution in [-0.2, 0) is 16.6 Å². The number of primary sulfonamides is 1. The van der Waals surface area contributed by atoms with Crippen LogP contribution in [0.15, 0.2) is 47.4 Å². The maximum atomic E-state index is 11.4. The fraction of sp³-hybridized carbons (Fsp3) is 0.381. The largest absolute Gasteiger partial charge is 0.305 e. The van der Waals surface area contributed by atoms with E-state index >= 15 is 0 Å². The maximum Gasteiger partial charge on any atom is 0.238 e. The maximum absolute atomic E-state index is 11.4. The van der Waals surface area contributed by atoms with Crippen LogP contribution in [0.3, 0.4) is 0 Å². The van der Waals surface area contributed by atoms with Crippen molar-refractivity contribution in [2.24, 2.45) is 5.14 Å². The number of likely N-dealkylation sites (N-methyl/N-ethyl adjacent to an activating group) is 1. The van der Waals surface area contributed by atoms with E-state index in [1.165, 1.54) is 25.0 Å². The Hall–Kier alpha value is -2.24. The molecule has 3 rings (SSSR count). The van der Waals surface area contributed by atoms with E-state index in [1.54, 1.807) is 12.1 Å². The second kappa shape index (κ2) is 8.84. The molecular formula is C21H26N4O2S. The summed E-state index contributed by atoms with van der Waals surface area (Å²) in [4.78, 5) is 4.86. The van der Waals surface area contributed by atoms with Crippen LogP contribution in [0.1, 0.15) is 24.0 Å². The third-order valence-electron chi connectivity index (χ3n) is 5.17. The lowest BCUT2D eigenvalue weighted by Crippen LogP contribution is -2.36. The second-order valence-electron chi connectivity index (χ2n) is 7.35. The fourth-order valence-corrected chi connectivity index (χ4v) is 4.04. The van der Waals surface area contributed by atoms with Gasteiger partial charge in [-0.2, -0.15) is 5.26 Å². The fourth-order valence-electron chi connectivity index (χ4n) is 3.53. The Kier molecular flexibility index (Phi) is 6.47. The van der Waals surface area contributed by atoms with Crippen molar-refractivity contribution < 1.29 is 8.42 Å². The van der Waals surface area contributed by atoms with Gasteiger partial charge in [-0.25, -0.2) is 13.6 Å². The topological polar surface area (TPSA) is 90.4 Å². The summed E-state index contributed by atoms with van der Waals surface area (Å²) < 4.78 is 22.8. The molecule has 1 aliphatic rings. The van der Waals surface area contributed by atoms with E-state index in [0.29, 0.717) is 5.56 Å². The van der Waals surface area contributed by atoms with Gasteiger partial charge in [0.25, 0.3) is 0 Å². The van der Waals surface area contributed by atoms with Crippen molar-refractivity contribution in [1.29, 1.82) is 5.26 Å². The van der Waals surface area contributed by atoms with E-state index in [4.69, 9.17) is 5.14 Å². The van der Waals surface area contributed by atoms with E-state index in [-0.39, 0.29) is 4.90 Å². The first-order valence-corrected chi connectivity index (χ1v) is 11.0. The number of nitriles is 1. The average Bonchev–Trinajstić information content (AvgIpc) is 2.66. The minimum atomic E-state index is -3.72. The van der Waals surface area contributed by atoms with Crippen LogP contribution in [0.25, 0.3) is 11.1 Å². The lowest BCUT2D eigenvalue weighted by atomic mass is 9.98. The number of sulfonamides is 1. The molecule has 6 nitrogen and oxygen atoms in total. The van der Waals surface area contributed by atoms with Gasteiger partial charge in [-0.05, 0) is 67.9 Å². The normalized spacial score (nSPS) is 16.9. The van der Waals surface area contributed by atoms with E-state index in [9.17, 15) is 13.7 Å². The van der Waals surface area contributed by atoms with Crippen LogP contribution in [0.5, 0.6) is 0 Å². The number of hydrogen-bond donors (Lipinski definition) is 1. The van der Waals surface area contributed by atoms with Gasteiger partial charge >= 0.3 is 0 Å². The minimum absolute atomic E-state index is 0.0634. The van der Waals surface area contributed by atoms with Crippen LogP contribution < -0.4 is 5.14 Å². The third kappa shape index (κ3) is 5.18. The quantitative estimate of drug-likeness (QED) is 0.854. The van der Waals surface area contributed by atoms with Gasteiger partial charge in [-0.15, -0.1) is 0 Å². The molecule has 1 aliphatic heterocycles. The van der Waals surface area contributed by atoms with Crippen LogP contribution in [0, 0.1) is 11.3 Å². The Balaban J connectivity index is 1.79. The first-order valence-electron chi connectivity index (χ1n) is 9.44. The molecule has 0 unspecified atom stereocenters. The van der Waals surface area contributed by atoms with Crippen LogP contribution in [0.2, 0.25) is 0 Å². The highest BCUT2D eigenvalue weighted by Gasteiger charge is 2.14. The van der Waals surface area contributed by atoms with Crippen molar-refractivity contribution in [3.05, 3.63) is 53.6 Å². The zero-order valence-electron chi connectivity index (χ0n) is 16.1. The van der Waals surface area contributed by atoms with E-state index < -0.39 is 10.0 Å². The number of benzene rings is 2. The molecule has 0 amide bonds. The van der Waals surface area contributed by atoms with Crippen LogP contribution in [-0.4, -0.2) is 51.4 Å². The van der Waals surface area contributed by atoms with Crippen molar-refractivity contribution in [3.8, 4) is 17.2 Å². The van der Waals surface area contributed by atoms with Crippen LogP contribution in [0.4, 0.5) is 0 Å². The highest BCUT2D eigenvalue weighted by Crippen LogP contribution is 2.26. The number of hydrogen-bond acceptors (Lipinski definition) is 5. The average molecular weight is 399 g/mol. The van der Waals surface area contributed by atoms with Crippen molar-refractivity contribution in [2.75, 3.05) is 33.2 Å². The van der Waals surface area contributed by atoms with Crippen molar-refractivity contribution >= 4 is 10.0 Å². The molecule has 0 aromatic heterocycles. The van der Waals surface area contributed by atoms with Gasteiger partial charge in [-0.3, -0.25) is 4.90 Å². The Bertz CT molecular complexity index is 965. The summed E-state index contributed by atoms with van der Waals surface area (Å²) in [6.45, 7) is 5.14. The molecule has 7 heteroatoms. The molecule has 1 fully saturated rings. The van der Waals surface area contributed by atoms with Gasteiger partial charge in [0.15, 0.2) is 0 Å². The van der Waals surface area contributed by atoms with Gasteiger partial charge in [0, 0.05) is 19.6 Å². The predicted molar refractivity (Wildman–Crippen MR) is 110 cm³/mol. The molecule has 28 heavy (non-hydrogen) atoms. The van der Waals surface area contributed by atoms with Gasteiger partial charge in [-0.1, -0.05) is 24.3 Å². The smallest absolute Gasteiger partial charge is 0.238 e.